The summed E-state index contributed by atoms with van der Waals surface area (Å²) in [4.78, 5) is 66.0. The predicted molar refractivity (Wildman–Crippen MR) is 144 cm³/mol. The standard InChI is InChI=1S/C26H39N5O5S/c1-16(2)23-26(36)29-21(11-12-37-5)25(35)27-17(3)24(34)28-20(13-19-9-7-6-8-10-19)14-31(18(4)32)15-22(33)30-23/h6-10,16-17,20-21,23H,11-15H2,1-5H3,(H,27,35)(H,28,34)(H,29,36)(H,30,33)/t17-,20+,21-,23-/m0/s1. The zero-order valence-corrected chi connectivity index (χ0v) is 23.0. The SMILES string of the molecule is CSCC[C@@H]1NC(=O)[C@H](C(C)C)NC(=O)CN(C(C)=O)C[C@@H](Cc2ccccc2)NC(=O)[C@H](C)NC1=O. The fourth-order valence-corrected chi connectivity index (χ4v) is 4.50. The van der Waals surface area contributed by atoms with Crippen molar-refractivity contribution >= 4 is 41.3 Å². The van der Waals surface area contributed by atoms with E-state index in [0.717, 1.165) is 5.56 Å². The van der Waals surface area contributed by atoms with Crippen molar-refractivity contribution in [3.63, 3.8) is 0 Å². The molecule has 4 atom stereocenters. The van der Waals surface area contributed by atoms with E-state index in [4.69, 9.17) is 0 Å². The highest BCUT2D eigenvalue weighted by atomic mass is 32.2. The average Bonchev–Trinajstić information content (AvgIpc) is 2.84. The zero-order valence-electron chi connectivity index (χ0n) is 22.2. The van der Waals surface area contributed by atoms with E-state index in [1.165, 1.54) is 23.6 Å². The van der Waals surface area contributed by atoms with Gasteiger partial charge in [-0.2, -0.15) is 11.8 Å². The zero-order chi connectivity index (χ0) is 27.5. The van der Waals surface area contributed by atoms with Crippen LogP contribution >= 0.6 is 11.8 Å². The fourth-order valence-electron chi connectivity index (χ4n) is 4.03. The van der Waals surface area contributed by atoms with Crippen LogP contribution in [0, 0.1) is 5.92 Å². The summed E-state index contributed by atoms with van der Waals surface area (Å²) in [6, 6.07) is 6.33. The van der Waals surface area contributed by atoms with Gasteiger partial charge in [0, 0.05) is 13.5 Å². The lowest BCUT2D eigenvalue weighted by Gasteiger charge is -2.29. The van der Waals surface area contributed by atoms with Gasteiger partial charge in [-0.3, -0.25) is 24.0 Å². The molecule has 0 unspecified atom stereocenters. The molecule has 37 heavy (non-hydrogen) atoms. The topological polar surface area (TPSA) is 137 Å². The van der Waals surface area contributed by atoms with Gasteiger partial charge in [-0.1, -0.05) is 44.2 Å². The number of rotatable bonds is 6. The molecule has 5 amide bonds. The molecule has 0 aliphatic carbocycles. The molecule has 1 aliphatic rings. The van der Waals surface area contributed by atoms with Gasteiger partial charge in [0.15, 0.2) is 0 Å². The molecule has 0 radical (unpaired) electrons. The highest BCUT2D eigenvalue weighted by Gasteiger charge is 2.32. The molecule has 1 aromatic carbocycles. The van der Waals surface area contributed by atoms with Gasteiger partial charge in [-0.15, -0.1) is 0 Å². The molecule has 0 aromatic heterocycles. The van der Waals surface area contributed by atoms with E-state index < -0.39 is 47.8 Å². The number of carbonyl (C=O) groups is 5. The first kappa shape index (κ1) is 30.1. The Hall–Kier alpha value is -3.08. The number of nitrogens with one attached hydrogen (secondary N) is 4. The molecule has 4 N–H and O–H groups in total. The summed E-state index contributed by atoms with van der Waals surface area (Å²) in [5.41, 5.74) is 0.946. The normalized spacial score (nSPS) is 24.3. The van der Waals surface area contributed by atoms with E-state index in [1.54, 1.807) is 20.8 Å². The Balaban J connectivity index is 2.40. The summed E-state index contributed by atoms with van der Waals surface area (Å²) in [6.45, 7) is 6.32. The lowest BCUT2D eigenvalue weighted by molar-refractivity contribution is -0.136. The minimum atomic E-state index is -0.895. The van der Waals surface area contributed by atoms with E-state index in [1.807, 2.05) is 36.6 Å². The van der Waals surface area contributed by atoms with Gasteiger partial charge < -0.3 is 26.2 Å². The molecule has 2 rings (SSSR count). The predicted octanol–water partition coefficient (Wildman–Crippen LogP) is 0.459. The second-order valence-electron chi connectivity index (χ2n) is 9.66. The Morgan fingerprint density at radius 1 is 1.00 bits per heavy atom. The van der Waals surface area contributed by atoms with E-state index in [-0.39, 0.29) is 24.9 Å². The number of carbonyl (C=O) groups excluding carboxylic acids is 5. The highest BCUT2D eigenvalue weighted by molar-refractivity contribution is 7.98. The van der Waals surface area contributed by atoms with Gasteiger partial charge in [-0.25, -0.2) is 0 Å². The van der Waals surface area contributed by atoms with Crippen LogP contribution < -0.4 is 21.3 Å². The lowest BCUT2D eigenvalue weighted by Crippen LogP contribution is -2.57. The van der Waals surface area contributed by atoms with Crippen LogP contribution in [0.1, 0.15) is 39.7 Å². The Morgan fingerprint density at radius 3 is 2.27 bits per heavy atom. The highest BCUT2D eigenvalue weighted by Crippen LogP contribution is 2.09. The molecule has 11 heteroatoms. The average molecular weight is 534 g/mol. The summed E-state index contributed by atoms with van der Waals surface area (Å²) < 4.78 is 0. The molecule has 0 spiro atoms. The smallest absolute Gasteiger partial charge is 0.243 e. The number of hydrogen-bond acceptors (Lipinski definition) is 6. The first-order valence-electron chi connectivity index (χ1n) is 12.5. The minimum Gasteiger partial charge on any atom is -0.349 e. The van der Waals surface area contributed by atoms with Crippen molar-refractivity contribution in [3.05, 3.63) is 35.9 Å². The second kappa shape index (κ2) is 14.6. The number of benzene rings is 1. The number of nitrogens with zero attached hydrogens (tertiary/aromatic N) is 1. The Kier molecular flexibility index (Phi) is 11.9. The molecule has 1 heterocycles. The van der Waals surface area contributed by atoms with Gasteiger partial charge in [0.25, 0.3) is 0 Å². The monoisotopic (exact) mass is 533 g/mol. The molecule has 1 aromatic rings. The summed E-state index contributed by atoms with van der Waals surface area (Å²) in [5.74, 6) is -1.87. The molecule has 1 saturated heterocycles. The summed E-state index contributed by atoms with van der Waals surface area (Å²) >= 11 is 1.53. The van der Waals surface area contributed by atoms with Gasteiger partial charge in [-0.05, 0) is 43.3 Å². The number of thioether (sulfide) groups is 1. The van der Waals surface area contributed by atoms with Crippen LogP contribution in [0.3, 0.4) is 0 Å². The first-order chi connectivity index (χ1) is 17.5. The quantitative estimate of drug-likeness (QED) is 0.419. The van der Waals surface area contributed by atoms with Crippen molar-refractivity contribution in [2.75, 3.05) is 25.1 Å². The molecule has 0 bridgehead atoms. The first-order valence-corrected chi connectivity index (χ1v) is 13.9. The van der Waals surface area contributed by atoms with Gasteiger partial charge >= 0.3 is 0 Å². The van der Waals surface area contributed by atoms with Crippen molar-refractivity contribution in [1.29, 1.82) is 0 Å². The van der Waals surface area contributed by atoms with Crippen LogP contribution in [0.2, 0.25) is 0 Å². The Labute approximate surface area is 223 Å². The maximum Gasteiger partial charge on any atom is 0.243 e. The summed E-state index contributed by atoms with van der Waals surface area (Å²) in [7, 11) is 0. The van der Waals surface area contributed by atoms with Crippen LogP contribution in [0.15, 0.2) is 30.3 Å². The van der Waals surface area contributed by atoms with E-state index in [2.05, 4.69) is 21.3 Å². The second-order valence-corrected chi connectivity index (χ2v) is 10.6. The fraction of sp³-hybridized carbons (Fsp3) is 0.577. The molecular weight excluding hydrogens is 494 g/mol. The van der Waals surface area contributed by atoms with Crippen LogP contribution in [0.25, 0.3) is 0 Å². The summed E-state index contributed by atoms with van der Waals surface area (Å²) in [5, 5.41) is 11.1. The minimum absolute atomic E-state index is 0.0823. The Bertz CT molecular complexity index is 958. The summed E-state index contributed by atoms with van der Waals surface area (Å²) in [6.07, 6.45) is 2.68. The molecule has 10 nitrogen and oxygen atoms in total. The largest absolute Gasteiger partial charge is 0.349 e. The van der Waals surface area contributed by atoms with Crippen molar-refractivity contribution < 1.29 is 24.0 Å². The molecule has 0 saturated carbocycles. The number of hydrogen-bond donors (Lipinski definition) is 4. The van der Waals surface area contributed by atoms with Gasteiger partial charge in [0.2, 0.25) is 29.5 Å². The van der Waals surface area contributed by atoms with Crippen LogP contribution in [0.5, 0.6) is 0 Å². The maximum atomic E-state index is 13.1. The van der Waals surface area contributed by atoms with Crippen molar-refractivity contribution in [2.45, 2.75) is 64.7 Å². The van der Waals surface area contributed by atoms with Gasteiger partial charge in [0.05, 0.1) is 12.6 Å². The third kappa shape index (κ3) is 9.71. The van der Waals surface area contributed by atoms with Crippen molar-refractivity contribution in [3.8, 4) is 0 Å². The maximum absolute atomic E-state index is 13.1. The van der Waals surface area contributed by atoms with Crippen LogP contribution in [-0.4, -0.2) is 83.7 Å². The van der Waals surface area contributed by atoms with Crippen molar-refractivity contribution in [1.82, 2.24) is 26.2 Å². The van der Waals surface area contributed by atoms with Crippen LogP contribution in [0.4, 0.5) is 0 Å². The molecular formula is C26H39N5O5S. The van der Waals surface area contributed by atoms with Crippen molar-refractivity contribution in [2.24, 2.45) is 5.92 Å². The molecule has 1 aliphatic heterocycles. The third-order valence-corrected chi connectivity index (χ3v) is 6.80. The van der Waals surface area contributed by atoms with Crippen LogP contribution in [-0.2, 0) is 30.4 Å². The number of amides is 5. The lowest BCUT2D eigenvalue weighted by atomic mass is 10.0. The third-order valence-electron chi connectivity index (χ3n) is 6.15. The van der Waals surface area contributed by atoms with E-state index >= 15 is 0 Å². The Morgan fingerprint density at radius 2 is 1.68 bits per heavy atom. The molecule has 204 valence electrons. The van der Waals surface area contributed by atoms with Gasteiger partial charge in [0.1, 0.15) is 18.1 Å². The van der Waals surface area contributed by atoms with E-state index in [0.29, 0.717) is 18.6 Å². The molecule has 1 fully saturated rings. The van der Waals surface area contributed by atoms with E-state index in [9.17, 15) is 24.0 Å².